The Morgan fingerprint density at radius 3 is 2.89 bits per heavy atom. The Labute approximate surface area is 168 Å². The van der Waals surface area contributed by atoms with E-state index in [1.54, 1.807) is 10.6 Å². The van der Waals surface area contributed by atoms with Crippen molar-refractivity contribution in [1.29, 1.82) is 0 Å². The smallest absolute Gasteiger partial charge is 0.272 e. The molecule has 2 heterocycles. The van der Waals surface area contributed by atoms with Gasteiger partial charge >= 0.3 is 0 Å². The minimum absolute atomic E-state index is 0.00223. The first-order chi connectivity index (χ1) is 12.8. The number of carbonyl (C=O) groups is 1. The lowest BCUT2D eigenvalue weighted by Crippen LogP contribution is -2.25. The highest BCUT2D eigenvalue weighted by Gasteiger charge is 2.15. The number of amides is 1. The summed E-state index contributed by atoms with van der Waals surface area (Å²) in [6, 6.07) is 5.83. The SMILES string of the molecule is CC(C)Cn1c(SCC(=O)Nc2ccc(Cl)cc2F)nc2ccsc2c1=O. The Morgan fingerprint density at radius 2 is 2.19 bits per heavy atom. The Morgan fingerprint density at radius 1 is 1.41 bits per heavy atom. The first-order valence-electron chi connectivity index (χ1n) is 8.21. The second-order valence-electron chi connectivity index (χ2n) is 6.30. The lowest BCUT2D eigenvalue weighted by Gasteiger charge is -2.14. The van der Waals surface area contributed by atoms with Crippen molar-refractivity contribution in [3.05, 3.63) is 50.8 Å². The van der Waals surface area contributed by atoms with E-state index in [1.165, 1.54) is 23.5 Å². The monoisotopic (exact) mass is 425 g/mol. The van der Waals surface area contributed by atoms with Gasteiger partial charge in [-0.3, -0.25) is 14.2 Å². The molecule has 0 saturated heterocycles. The van der Waals surface area contributed by atoms with Gasteiger partial charge < -0.3 is 5.32 Å². The van der Waals surface area contributed by atoms with Gasteiger partial charge in [-0.05, 0) is 35.6 Å². The summed E-state index contributed by atoms with van der Waals surface area (Å²) in [5.41, 5.74) is 0.581. The molecule has 3 rings (SSSR count). The van der Waals surface area contributed by atoms with Crippen molar-refractivity contribution >= 4 is 56.5 Å². The lowest BCUT2D eigenvalue weighted by atomic mass is 10.2. The average Bonchev–Trinajstić information content (AvgIpc) is 3.07. The van der Waals surface area contributed by atoms with Crippen molar-refractivity contribution in [3.63, 3.8) is 0 Å². The molecule has 1 N–H and O–H groups in total. The number of thioether (sulfide) groups is 1. The van der Waals surface area contributed by atoms with Gasteiger partial charge in [0.1, 0.15) is 10.5 Å². The van der Waals surface area contributed by atoms with Crippen molar-refractivity contribution < 1.29 is 9.18 Å². The summed E-state index contributed by atoms with van der Waals surface area (Å²) in [5, 5.41) is 5.06. The number of hydrogen-bond donors (Lipinski definition) is 1. The van der Waals surface area contributed by atoms with E-state index >= 15 is 0 Å². The fourth-order valence-electron chi connectivity index (χ4n) is 2.47. The molecule has 0 unspecified atom stereocenters. The average molecular weight is 426 g/mol. The highest BCUT2D eigenvalue weighted by molar-refractivity contribution is 7.99. The number of aromatic nitrogens is 2. The van der Waals surface area contributed by atoms with E-state index in [0.29, 0.717) is 21.9 Å². The number of benzene rings is 1. The lowest BCUT2D eigenvalue weighted by molar-refractivity contribution is -0.113. The fourth-order valence-corrected chi connectivity index (χ4v) is 4.21. The Kier molecular flexibility index (Phi) is 6.18. The second-order valence-corrected chi connectivity index (χ2v) is 8.60. The normalized spacial score (nSPS) is 11.3. The van der Waals surface area contributed by atoms with E-state index in [1.807, 2.05) is 19.2 Å². The number of hydrogen-bond acceptors (Lipinski definition) is 5. The minimum atomic E-state index is -0.601. The van der Waals surface area contributed by atoms with Gasteiger partial charge in [-0.1, -0.05) is 37.2 Å². The molecular weight excluding hydrogens is 409 g/mol. The van der Waals surface area contributed by atoms with Gasteiger partial charge in [-0.15, -0.1) is 11.3 Å². The standard InChI is InChI=1S/C18H17ClFN3O2S2/c1-10(2)8-23-17(25)16-14(5-6-26-16)22-18(23)27-9-15(24)21-13-4-3-11(19)7-12(13)20/h3-7,10H,8-9H2,1-2H3,(H,21,24). The maximum Gasteiger partial charge on any atom is 0.272 e. The van der Waals surface area contributed by atoms with Crippen molar-refractivity contribution in [1.82, 2.24) is 9.55 Å². The molecule has 2 aromatic heterocycles. The maximum absolute atomic E-state index is 13.8. The van der Waals surface area contributed by atoms with E-state index in [4.69, 9.17) is 11.6 Å². The van der Waals surface area contributed by atoms with Gasteiger partial charge in [0.2, 0.25) is 5.91 Å². The Bertz CT molecular complexity index is 1050. The highest BCUT2D eigenvalue weighted by atomic mass is 35.5. The van der Waals surface area contributed by atoms with Crippen LogP contribution >= 0.6 is 34.7 Å². The van der Waals surface area contributed by atoms with E-state index in [0.717, 1.165) is 17.8 Å². The van der Waals surface area contributed by atoms with Gasteiger partial charge in [0.05, 0.1) is 17.0 Å². The first-order valence-corrected chi connectivity index (χ1v) is 10.4. The van der Waals surface area contributed by atoms with Crippen molar-refractivity contribution in [2.75, 3.05) is 11.1 Å². The molecular formula is C18H17ClFN3O2S2. The van der Waals surface area contributed by atoms with Gasteiger partial charge in [-0.25, -0.2) is 9.37 Å². The zero-order valence-electron chi connectivity index (χ0n) is 14.7. The molecule has 0 saturated carbocycles. The molecule has 0 radical (unpaired) electrons. The fraction of sp³-hybridized carbons (Fsp3) is 0.278. The number of anilines is 1. The van der Waals surface area contributed by atoms with Gasteiger partial charge in [0, 0.05) is 11.6 Å². The third-order valence-electron chi connectivity index (χ3n) is 3.62. The molecule has 0 fully saturated rings. The van der Waals surface area contributed by atoms with E-state index < -0.39 is 11.7 Å². The number of nitrogens with one attached hydrogen (secondary N) is 1. The number of halogens is 2. The number of fused-ring (bicyclic) bond motifs is 1. The van der Waals surface area contributed by atoms with Gasteiger partial charge in [0.25, 0.3) is 5.56 Å². The molecule has 0 aliphatic carbocycles. The summed E-state index contributed by atoms with van der Waals surface area (Å²) in [6.45, 7) is 4.53. The molecule has 0 aliphatic heterocycles. The van der Waals surface area contributed by atoms with Crippen LogP contribution < -0.4 is 10.9 Å². The quantitative estimate of drug-likeness (QED) is 0.461. The molecule has 142 valence electrons. The van der Waals surface area contributed by atoms with Gasteiger partial charge in [0.15, 0.2) is 5.16 Å². The zero-order valence-corrected chi connectivity index (χ0v) is 17.1. The number of rotatable bonds is 6. The summed E-state index contributed by atoms with van der Waals surface area (Å²) in [5.74, 6) is -0.743. The van der Waals surface area contributed by atoms with Crippen LogP contribution in [0.2, 0.25) is 5.02 Å². The van der Waals surface area contributed by atoms with Crippen LogP contribution in [0.4, 0.5) is 10.1 Å². The van der Waals surface area contributed by atoms with Crippen LogP contribution in [0.5, 0.6) is 0 Å². The summed E-state index contributed by atoms with van der Waals surface area (Å²) < 4.78 is 16.0. The van der Waals surface area contributed by atoms with Crippen LogP contribution in [0.15, 0.2) is 39.6 Å². The molecule has 1 aromatic carbocycles. The second kappa shape index (κ2) is 8.41. The van der Waals surface area contributed by atoms with Crippen LogP contribution in [0.3, 0.4) is 0 Å². The predicted molar refractivity (Wildman–Crippen MR) is 109 cm³/mol. The van der Waals surface area contributed by atoms with Crippen LogP contribution in [0, 0.1) is 11.7 Å². The highest BCUT2D eigenvalue weighted by Crippen LogP contribution is 2.23. The predicted octanol–water partition coefficient (Wildman–Crippen LogP) is 4.64. The Balaban J connectivity index is 1.79. The third kappa shape index (κ3) is 4.69. The van der Waals surface area contributed by atoms with E-state index in [-0.39, 0.29) is 27.9 Å². The molecule has 5 nitrogen and oxygen atoms in total. The van der Waals surface area contributed by atoms with Crippen LogP contribution in [-0.4, -0.2) is 21.2 Å². The molecule has 0 bridgehead atoms. The van der Waals surface area contributed by atoms with Gasteiger partial charge in [-0.2, -0.15) is 0 Å². The Hall–Kier alpha value is -1.90. The molecule has 0 atom stereocenters. The molecule has 3 aromatic rings. The first kappa shape index (κ1) is 19.9. The largest absolute Gasteiger partial charge is 0.323 e. The summed E-state index contributed by atoms with van der Waals surface area (Å²) in [6.07, 6.45) is 0. The van der Waals surface area contributed by atoms with Crippen molar-refractivity contribution in [2.45, 2.75) is 25.5 Å². The minimum Gasteiger partial charge on any atom is -0.323 e. The molecule has 0 aliphatic rings. The van der Waals surface area contributed by atoms with Crippen LogP contribution in [0.1, 0.15) is 13.8 Å². The molecule has 1 amide bonds. The van der Waals surface area contributed by atoms with E-state index in [9.17, 15) is 14.0 Å². The number of nitrogens with zero attached hydrogens (tertiary/aromatic N) is 2. The molecule has 9 heteroatoms. The molecule has 0 spiro atoms. The topological polar surface area (TPSA) is 64.0 Å². The van der Waals surface area contributed by atoms with Crippen LogP contribution in [-0.2, 0) is 11.3 Å². The maximum atomic E-state index is 13.8. The summed E-state index contributed by atoms with van der Waals surface area (Å²) in [7, 11) is 0. The number of carbonyl (C=O) groups excluding carboxylic acids is 1. The van der Waals surface area contributed by atoms with E-state index in [2.05, 4.69) is 10.3 Å². The molecule has 27 heavy (non-hydrogen) atoms. The summed E-state index contributed by atoms with van der Waals surface area (Å²) in [4.78, 5) is 29.4. The number of thiophene rings is 1. The van der Waals surface area contributed by atoms with Crippen LogP contribution in [0.25, 0.3) is 10.2 Å². The summed E-state index contributed by atoms with van der Waals surface area (Å²) >= 11 is 8.22. The van der Waals surface area contributed by atoms with Crippen molar-refractivity contribution in [2.24, 2.45) is 5.92 Å². The zero-order chi connectivity index (χ0) is 19.6. The van der Waals surface area contributed by atoms with Crippen molar-refractivity contribution in [3.8, 4) is 0 Å². The third-order valence-corrected chi connectivity index (χ3v) is 5.72.